The number of rotatable bonds is 3. The normalized spacial score (nSPS) is 23.8. The summed E-state index contributed by atoms with van der Waals surface area (Å²) in [5.74, 6) is 3.15. The lowest BCUT2D eigenvalue weighted by Gasteiger charge is -2.37. The minimum atomic E-state index is 0.972. The van der Waals surface area contributed by atoms with Crippen LogP contribution in [-0.2, 0) is 13.6 Å². The molecule has 1 aromatic heterocycles. The minimum absolute atomic E-state index is 0.972. The zero-order valence-electron chi connectivity index (χ0n) is 12.0. The van der Waals surface area contributed by atoms with Crippen LogP contribution in [0.2, 0.25) is 0 Å². The minimum Gasteiger partial charge on any atom is -0.337 e. The molecule has 2 aliphatic heterocycles. The van der Waals surface area contributed by atoms with Gasteiger partial charge in [-0.25, -0.2) is 4.98 Å². The van der Waals surface area contributed by atoms with Crippen LogP contribution in [-0.4, -0.2) is 40.6 Å². The number of imidazole rings is 1. The highest BCUT2D eigenvalue weighted by Gasteiger charge is 2.27. The lowest BCUT2D eigenvalue weighted by molar-refractivity contribution is 0.123. The van der Waals surface area contributed by atoms with Gasteiger partial charge < -0.3 is 9.88 Å². The number of likely N-dealkylation sites (tertiary alicyclic amines) is 1. The van der Waals surface area contributed by atoms with Gasteiger partial charge >= 0.3 is 0 Å². The number of nitrogens with one attached hydrogen (secondary N) is 1. The van der Waals surface area contributed by atoms with Gasteiger partial charge in [0, 0.05) is 19.4 Å². The molecule has 1 N–H and O–H groups in total. The molecular weight excluding hydrogens is 236 g/mol. The molecule has 0 saturated carbocycles. The van der Waals surface area contributed by atoms with Gasteiger partial charge in [0.15, 0.2) is 0 Å². The Labute approximate surface area is 116 Å². The number of hydrogen-bond donors (Lipinski definition) is 1. The van der Waals surface area contributed by atoms with Crippen LogP contribution in [0.3, 0.4) is 0 Å². The molecule has 106 valence electrons. The molecule has 0 atom stereocenters. The molecule has 1 aromatic rings. The Kier molecular flexibility index (Phi) is 4.18. The van der Waals surface area contributed by atoms with Crippen LogP contribution < -0.4 is 5.32 Å². The number of nitrogens with zero attached hydrogens (tertiary/aromatic N) is 3. The van der Waals surface area contributed by atoms with E-state index in [0.717, 1.165) is 18.4 Å². The van der Waals surface area contributed by atoms with Gasteiger partial charge in [-0.1, -0.05) is 0 Å². The van der Waals surface area contributed by atoms with Crippen molar-refractivity contribution >= 4 is 0 Å². The van der Waals surface area contributed by atoms with Crippen molar-refractivity contribution in [2.75, 3.05) is 26.2 Å². The first-order valence-corrected chi connectivity index (χ1v) is 7.72. The number of hydrogen-bond acceptors (Lipinski definition) is 3. The van der Waals surface area contributed by atoms with E-state index >= 15 is 0 Å². The maximum Gasteiger partial charge on any atom is 0.122 e. The third-order valence-electron chi connectivity index (χ3n) is 4.97. The van der Waals surface area contributed by atoms with Gasteiger partial charge in [-0.15, -0.1) is 0 Å². The van der Waals surface area contributed by atoms with Gasteiger partial charge in [0.25, 0.3) is 0 Å². The van der Waals surface area contributed by atoms with Gasteiger partial charge in [0.2, 0.25) is 0 Å². The van der Waals surface area contributed by atoms with Gasteiger partial charge in [-0.05, 0) is 63.7 Å². The maximum absolute atomic E-state index is 4.43. The van der Waals surface area contributed by atoms with Crippen molar-refractivity contribution in [2.24, 2.45) is 18.9 Å². The van der Waals surface area contributed by atoms with E-state index in [0.29, 0.717) is 0 Å². The number of aryl methyl sites for hydroxylation is 1. The Morgan fingerprint density at radius 2 is 1.84 bits per heavy atom. The highest BCUT2D eigenvalue weighted by molar-refractivity contribution is 4.92. The average Bonchev–Trinajstić information content (AvgIpc) is 2.86. The molecule has 0 amide bonds. The molecule has 0 bridgehead atoms. The molecule has 19 heavy (non-hydrogen) atoms. The van der Waals surface area contributed by atoms with Crippen LogP contribution in [0.4, 0.5) is 0 Å². The first-order valence-electron chi connectivity index (χ1n) is 7.72. The van der Waals surface area contributed by atoms with Crippen LogP contribution in [0.5, 0.6) is 0 Å². The number of aromatic nitrogens is 2. The molecular formula is C15H26N4. The topological polar surface area (TPSA) is 33.1 Å². The van der Waals surface area contributed by atoms with E-state index in [-0.39, 0.29) is 0 Å². The van der Waals surface area contributed by atoms with Crippen molar-refractivity contribution in [1.29, 1.82) is 0 Å². The zero-order valence-corrected chi connectivity index (χ0v) is 12.0. The van der Waals surface area contributed by atoms with Gasteiger partial charge in [0.05, 0.1) is 6.54 Å². The molecule has 3 rings (SSSR count). The fraction of sp³-hybridized carbons (Fsp3) is 0.800. The first kappa shape index (κ1) is 13.1. The highest BCUT2D eigenvalue weighted by Crippen LogP contribution is 2.31. The molecule has 0 radical (unpaired) electrons. The molecule has 3 heterocycles. The number of piperidine rings is 2. The summed E-state index contributed by atoms with van der Waals surface area (Å²) in [5.41, 5.74) is 0. The van der Waals surface area contributed by atoms with E-state index in [1.807, 2.05) is 12.4 Å². The third-order valence-corrected chi connectivity index (χ3v) is 4.97. The highest BCUT2D eigenvalue weighted by atomic mass is 15.2. The maximum atomic E-state index is 4.43. The molecule has 2 fully saturated rings. The summed E-state index contributed by atoms with van der Waals surface area (Å²) in [4.78, 5) is 7.00. The summed E-state index contributed by atoms with van der Waals surface area (Å²) in [6, 6.07) is 0. The van der Waals surface area contributed by atoms with Crippen LogP contribution in [0, 0.1) is 11.8 Å². The van der Waals surface area contributed by atoms with E-state index in [1.165, 1.54) is 57.7 Å². The second-order valence-corrected chi connectivity index (χ2v) is 6.16. The molecule has 2 aliphatic rings. The summed E-state index contributed by atoms with van der Waals surface area (Å²) >= 11 is 0. The van der Waals surface area contributed by atoms with Gasteiger partial charge in [0.1, 0.15) is 5.82 Å². The quantitative estimate of drug-likeness (QED) is 0.899. The van der Waals surface area contributed by atoms with Crippen LogP contribution in [0.25, 0.3) is 0 Å². The summed E-state index contributed by atoms with van der Waals surface area (Å²) < 4.78 is 2.14. The predicted molar refractivity (Wildman–Crippen MR) is 76.8 cm³/mol. The SMILES string of the molecule is Cn1ccnc1CN1CCC(C2CCNCC2)CC1. The summed E-state index contributed by atoms with van der Waals surface area (Å²) in [7, 11) is 2.09. The second-order valence-electron chi connectivity index (χ2n) is 6.16. The molecule has 0 aliphatic carbocycles. The average molecular weight is 262 g/mol. The molecule has 2 saturated heterocycles. The van der Waals surface area contributed by atoms with Crippen LogP contribution in [0.15, 0.2) is 12.4 Å². The second kappa shape index (κ2) is 6.06. The summed E-state index contributed by atoms with van der Waals surface area (Å²) in [6.07, 6.45) is 9.49. The lowest BCUT2D eigenvalue weighted by Crippen LogP contribution is -2.39. The third kappa shape index (κ3) is 3.18. The Balaban J connectivity index is 1.48. The largest absolute Gasteiger partial charge is 0.337 e. The molecule has 4 heteroatoms. The van der Waals surface area contributed by atoms with E-state index in [1.54, 1.807) is 0 Å². The van der Waals surface area contributed by atoms with Gasteiger partial charge in [-0.3, -0.25) is 4.90 Å². The predicted octanol–water partition coefficient (Wildman–Crippen LogP) is 1.63. The standard InChI is InChI=1S/C15H26N4/c1-18-11-8-17-15(18)12-19-9-4-14(5-10-19)13-2-6-16-7-3-13/h8,11,13-14,16H,2-7,9-10,12H2,1H3. The molecule has 4 nitrogen and oxygen atoms in total. The molecule has 0 unspecified atom stereocenters. The van der Waals surface area contributed by atoms with E-state index in [9.17, 15) is 0 Å². The fourth-order valence-electron chi connectivity index (χ4n) is 3.65. The molecule has 0 aromatic carbocycles. The Hall–Kier alpha value is -0.870. The van der Waals surface area contributed by atoms with Crippen molar-refractivity contribution in [3.63, 3.8) is 0 Å². The van der Waals surface area contributed by atoms with Crippen molar-refractivity contribution < 1.29 is 0 Å². The Morgan fingerprint density at radius 1 is 1.16 bits per heavy atom. The van der Waals surface area contributed by atoms with E-state index in [4.69, 9.17) is 0 Å². The van der Waals surface area contributed by atoms with Crippen LogP contribution >= 0.6 is 0 Å². The lowest BCUT2D eigenvalue weighted by atomic mass is 9.79. The van der Waals surface area contributed by atoms with Crippen molar-refractivity contribution in [3.05, 3.63) is 18.2 Å². The fourth-order valence-corrected chi connectivity index (χ4v) is 3.65. The van der Waals surface area contributed by atoms with Crippen molar-refractivity contribution in [1.82, 2.24) is 19.8 Å². The molecule has 0 spiro atoms. The first-order chi connectivity index (χ1) is 9.33. The van der Waals surface area contributed by atoms with Crippen molar-refractivity contribution in [3.8, 4) is 0 Å². The Bertz CT molecular complexity index is 387. The van der Waals surface area contributed by atoms with E-state index in [2.05, 4.69) is 26.8 Å². The Morgan fingerprint density at radius 3 is 2.47 bits per heavy atom. The zero-order chi connectivity index (χ0) is 13.1. The van der Waals surface area contributed by atoms with Crippen molar-refractivity contribution in [2.45, 2.75) is 32.2 Å². The smallest absolute Gasteiger partial charge is 0.122 e. The van der Waals surface area contributed by atoms with E-state index < -0.39 is 0 Å². The summed E-state index contributed by atoms with van der Waals surface area (Å²) in [5, 5.41) is 3.48. The monoisotopic (exact) mass is 262 g/mol. The van der Waals surface area contributed by atoms with Gasteiger partial charge in [-0.2, -0.15) is 0 Å². The van der Waals surface area contributed by atoms with Crippen LogP contribution in [0.1, 0.15) is 31.5 Å². The summed E-state index contributed by atoms with van der Waals surface area (Å²) in [6.45, 7) is 5.99.